The number of hydrogen-bond donors (Lipinski definition) is 2. The van der Waals surface area contributed by atoms with Crippen LogP contribution in [-0.2, 0) is 4.79 Å². The molecule has 2 aliphatic rings. The molecule has 1 aliphatic carbocycles. The van der Waals surface area contributed by atoms with Crippen LogP contribution in [0.15, 0.2) is 36.8 Å². The molecule has 1 aromatic carbocycles. The van der Waals surface area contributed by atoms with Crippen LogP contribution in [0.3, 0.4) is 0 Å². The number of nitrogens with zero attached hydrogens (tertiary/aromatic N) is 5. The molecule has 34 heavy (non-hydrogen) atoms. The molecular weight excluding hydrogens is 430 g/mol. The molecule has 4 aromatic rings. The zero-order valence-corrected chi connectivity index (χ0v) is 19.3. The Kier molecular flexibility index (Phi) is 4.86. The lowest BCUT2D eigenvalue weighted by Gasteiger charge is -2.45. The number of likely N-dealkylation sites (tertiary alicyclic amines) is 1. The van der Waals surface area contributed by atoms with Crippen LogP contribution < -0.4 is 10.1 Å². The molecule has 0 bridgehead atoms. The normalized spacial score (nSPS) is 22.2. The minimum atomic E-state index is -0.297. The average Bonchev–Trinajstić information content (AvgIpc) is 3.52. The van der Waals surface area contributed by atoms with Gasteiger partial charge in [-0.1, -0.05) is 13.0 Å². The second kappa shape index (κ2) is 7.93. The maximum absolute atomic E-state index is 12.9. The molecule has 0 radical (unpaired) electrons. The van der Waals surface area contributed by atoms with Gasteiger partial charge in [-0.15, -0.1) is 0 Å². The molecule has 3 aromatic heterocycles. The van der Waals surface area contributed by atoms with E-state index in [1.807, 2.05) is 29.3 Å². The van der Waals surface area contributed by atoms with Gasteiger partial charge < -0.3 is 19.9 Å². The maximum atomic E-state index is 12.9. The van der Waals surface area contributed by atoms with Crippen LogP contribution >= 0.6 is 0 Å². The lowest BCUT2D eigenvalue weighted by Crippen LogP contribution is -2.53. The molecule has 6 rings (SSSR count). The smallest absolute Gasteiger partial charge is 0.228 e. The number of H-pyrrole nitrogens is 1. The first-order valence-corrected chi connectivity index (χ1v) is 11.7. The summed E-state index contributed by atoms with van der Waals surface area (Å²) in [5.74, 6) is 1.28. The Balaban J connectivity index is 1.25. The predicted molar refractivity (Wildman–Crippen MR) is 130 cm³/mol. The van der Waals surface area contributed by atoms with Crippen molar-refractivity contribution in [3.8, 4) is 17.0 Å². The summed E-state index contributed by atoms with van der Waals surface area (Å²) in [6.45, 7) is 3.85. The van der Waals surface area contributed by atoms with E-state index in [1.54, 1.807) is 19.5 Å². The molecule has 2 N–H and O–H groups in total. The Morgan fingerprint density at radius 2 is 1.91 bits per heavy atom. The second-order valence-corrected chi connectivity index (χ2v) is 9.55. The van der Waals surface area contributed by atoms with Crippen LogP contribution in [0.25, 0.3) is 33.2 Å². The molecule has 1 saturated heterocycles. The van der Waals surface area contributed by atoms with Gasteiger partial charge in [0, 0.05) is 43.3 Å². The topological polar surface area (TPSA) is 109 Å². The van der Waals surface area contributed by atoms with E-state index in [-0.39, 0.29) is 17.4 Å². The summed E-state index contributed by atoms with van der Waals surface area (Å²) in [4.78, 5) is 36.3. The van der Waals surface area contributed by atoms with Gasteiger partial charge >= 0.3 is 0 Å². The molecule has 2 fully saturated rings. The molecule has 1 saturated carbocycles. The lowest BCUT2D eigenvalue weighted by molar-refractivity contribution is -0.145. The number of methoxy groups -OCH3 is 1. The highest BCUT2D eigenvalue weighted by Crippen LogP contribution is 2.44. The summed E-state index contributed by atoms with van der Waals surface area (Å²) in [5.41, 5.74) is 3.99. The van der Waals surface area contributed by atoms with Crippen molar-refractivity contribution in [1.29, 1.82) is 0 Å². The van der Waals surface area contributed by atoms with Crippen molar-refractivity contribution >= 4 is 33.9 Å². The third-order valence-corrected chi connectivity index (χ3v) is 7.11. The Bertz CT molecular complexity index is 1390. The summed E-state index contributed by atoms with van der Waals surface area (Å²) < 4.78 is 5.66. The third-order valence-electron chi connectivity index (χ3n) is 7.11. The number of aromatic nitrogens is 5. The van der Waals surface area contributed by atoms with E-state index in [0.29, 0.717) is 17.5 Å². The molecule has 9 heteroatoms. The van der Waals surface area contributed by atoms with Gasteiger partial charge in [-0.05, 0) is 43.4 Å². The van der Waals surface area contributed by atoms with Crippen molar-refractivity contribution in [2.75, 3.05) is 25.5 Å². The highest BCUT2D eigenvalue weighted by atomic mass is 16.5. The molecule has 4 heterocycles. The van der Waals surface area contributed by atoms with E-state index in [4.69, 9.17) is 9.72 Å². The summed E-state index contributed by atoms with van der Waals surface area (Å²) in [7, 11) is 1.61. The zero-order valence-electron chi connectivity index (χ0n) is 19.3. The number of ether oxygens (including phenoxy) is 1. The molecular formula is C25H27N7O2. The molecule has 1 amide bonds. The highest BCUT2D eigenvalue weighted by molar-refractivity contribution is 5.99. The number of fused-ring (bicyclic) bond motifs is 2. The first-order chi connectivity index (χ1) is 16.5. The van der Waals surface area contributed by atoms with E-state index < -0.39 is 0 Å². The van der Waals surface area contributed by atoms with Crippen LogP contribution in [0, 0.1) is 5.41 Å². The van der Waals surface area contributed by atoms with Crippen LogP contribution in [0.5, 0.6) is 5.88 Å². The van der Waals surface area contributed by atoms with Crippen LogP contribution in [0.2, 0.25) is 0 Å². The molecule has 9 nitrogen and oxygen atoms in total. The Hall–Kier alpha value is -3.75. The first kappa shape index (κ1) is 20.8. The third kappa shape index (κ3) is 3.43. The minimum absolute atomic E-state index is 0.159. The number of benzene rings is 1. The second-order valence-electron chi connectivity index (χ2n) is 9.55. The standard InChI is InChI=1S/C25H27N7O2/c1-25(23(33)32-9-3-4-10-32)12-16(13-25)29-24-30-21-20(22(31-24)34-2)17(14-28-21)15-5-6-18-19(11-15)27-8-7-26-18/h5-8,11,14,16H,3-4,9-10,12-13H2,1-2H3,(H2,28,29,30,31)/t16-,25-. The van der Waals surface area contributed by atoms with Crippen LogP contribution in [0.4, 0.5) is 5.95 Å². The number of nitrogens with one attached hydrogen (secondary N) is 2. The summed E-state index contributed by atoms with van der Waals surface area (Å²) in [6, 6.07) is 6.13. The summed E-state index contributed by atoms with van der Waals surface area (Å²) >= 11 is 0. The van der Waals surface area contributed by atoms with E-state index >= 15 is 0 Å². The van der Waals surface area contributed by atoms with Gasteiger partial charge in [-0.3, -0.25) is 14.8 Å². The van der Waals surface area contributed by atoms with Crippen molar-refractivity contribution < 1.29 is 9.53 Å². The highest BCUT2D eigenvalue weighted by Gasteiger charge is 2.48. The van der Waals surface area contributed by atoms with Crippen LogP contribution in [-0.4, -0.2) is 62.0 Å². The number of carbonyl (C=O) groups is 1. The summed E-state index contributed by atoms with van der Waals surface area (Å²) in [6.07, 6.45) is 9.07. The fourth-order valence-electron chi connectivity index (χ4n) is 5.36. The van der Waals surface area contributed by atoms with Gasteiger partial charge in [0.15, 0.2) is 0 Å². The van der Waals surface area contributed by atoms with Gasteiger partial charge in [-0.25, -0.2) is 0 Å². The van der Waals surface area contributed by atoms with Crippen molar-refractivity contribution in [1.82, 2.24) is 29.8 Å². The zero-order chi connectivity index (χ0) is 23.3. The quantitative estimate of drug-likeness (QED) is 0.469. The lowest BCUT2D eigenvalue weighted by atomic mass is 9.66. The molecule has 0 unspecified atom stereocenters. The fraction of sp³-hybridized carbons (Fsp3) is 0.400. The molecule has 1 aliphatic heterocycles. The Labute approximate surface area is 197 Å². The Morgan fingerprint density at radius 3 is 2.68 bits per heavy atom. The number of hydrogen-bond acceptors (Lipinski definition) is 7. The van der Waals surface area contributed by atoms with E-state index in [2.05, 4.69) is 32.2 Å². The van der Waals surface area contributed by atoms with Gasteiger partial charge in [0.2, 0.25) is 17.7 Å². The fourth-order valence-corrected chi connectivity index (χ4v) is 5.36. The van der Waals surface area contributed by atoms with E-state index in [9.17, 15) is 4.79 Å². The largest absolute Gasteiger partial charge is 0.480 e. The van der Waals surface area contributed by atoms with Crippen LogP contribution in [0.1, 0.15) is 32.6 Å². The van der Waals surface area contributed by atoms with Gasteiger partial charge in [0.05, 0.1) is 28.9 Å². The predicted octanol–water partition coefficient (Wildman–Crippen LogP) is 3.78. The van der Waals surface area contributed by atoms with Gasteiger partial charge in [0.25, 0.3) is 0 Å². The number of amides is 1. The van der Waals surface area contributed by atoms with Crippen molar-refractivity contribution in [2.45, 2.75) is 38.6 Å². The average molecular weight is 458 g/mol. The first-order valence-electron chi connectivity index (χ1n) is 11.7. The van der Waals surface area contributed by atoms with Gasteiger partial charge in [-0.2, -0.15) is 9.97 Å². The number of rotatable bonds is 5. The van der Waals surface area contributed by atoms with E-state index in [1.165, 1.54) is 0 Å². The van der Waals surface area contributed by atoms with Gasteiger partial charge in [0.1, 0.15) is 5.65 Å². The monoisotopic (exact) mass is 457 g/mol. The minimum Gasteiger partial charge on any atom is -0.480 e. The molecule has 174 valence electrons. The Morgan fingerprint density at radius 1 is 1.15 bits per heavy atom. The molecule has 0 spiro atoms. The van der Waals surface area contributed by atoms with Crippen molar-refractivity contribution in [3.63, 3.8) is 0 Å². The number of carbonyl (C=O) groups excluding carboxylic acids is 1. The maximum Gasteiger partial charge on any atom is 0.228 e. The number of aromatic amines is 1. The number of anilines is 1. The SMILES string of the molecule is COc1nc(N[C@H]2C[C@](C)(C(=O)N3CCCC3)C2)nc2[nH]cc(-c3ccc4nccnc4c3)c12. The molecule has 0 atom stereocenters. The van der Waals surface area contributed by atoms with E-state index in [0.717, 1.165) is 66.3 Å². The summed E-state index contributed by atoms with van der Waals surface area (Å²) in [5, 5.41) is 4.23. The van der Waals surface area contributed by atoms with Crippen molar-refractivity contribution in [3.05, 3.63) is 36.8 Å². The van der Waals surface area contributed by atoms with Crippen molar-refractivity contribution in [2.24, 2.45) is 5.41 Å².